The van der Waals surface area contributed by atoms with Gasteiger partial charge in [0, 0.05) is 27.5 Å². The molecule has 160 valence electrons. The van der Waals surface area contributed by atoms with Gasteiger partial charge in [-0.25, -0.2) is 0 Å². The average Bonchev–Trinajstić information content (AvgIpc) is 3.42. The summed E-state index contributed by atoms with van der Waals surface area (Å²) in [5.41, 5.74) is 1.36. The zero-order valence-electron chi connectivity index (χ0n) is 17.9. The Morgan fingerprint density at radius 2 is 1.87 bits per heavy atom. The van der Waals surface area contributed by atoms with E-state index < -0.39 is 5.54 Å². The standard InChI is InChI=1S/C25H27N3O2S/c1-25(24(30)26-18-9-4-5-10-18)16-27-21-13-6-3-8-17(21)14-22(27)23(29)28(25)19-11-7-12-20(15-19)31-2/h3,6-8,11-15,18H,4-5,9-10,16H2,1-2H3,(H,26,30)/t25-/m1/s1. The summed E-state index contributed by atoms with van der Waals surface area (Å²) in [7, 11) is 0. The fourth-order valence-corrected chi connectivity index (χ4v) is 5.46. The van der Waals surface area contributed by atoms with Crippen molar-refractivity contribution >= 4 is 40.2 Å². The Morgan fingerprint density at radius 1 is 1.10 bits per heavy atom. The van der Waals surface area contributed by atoms with Gasteiger partial charge in [-0.15, -0.1) is 11.8 Å². The normalized spacial score (nSPS) is 21.5. The van der Waals surface area contributed by atoms with Gasteiger partial charge in [-0.05, 0) is 56.4 Å². The van der Waals surface area contributed by atoms with Crippen LogP contribution in [0, 0.1) is 0 Å². The van der Waals surface area contributed by atoms with Crippen LogP contribution >= 0.6 is 11.8 Å². The van der Waals surface area contributed by atoms with Gasteiger partial charge in [0.25, 0.3) is 5.91 Å². The lowest BCUT2D eigenvalue weighted by atomic mass is 9.93. The number of nitrogens with one attached hydrogen (secondary N) is 1. The Morgan fingerprint density at radius 3 is 2.65 bits per heavy atom. The van der Waals surface area contributed by atoms with Crippen LogP contribution in [0.4, 0.5) is 5.69 Å². The third-order valence-corrected chi connectivity index (χ3v) is 7.41. The van der Waals surface area contributed by atoms with E-state index in [9.17, 15) is 9.59 Å². The number of carbonyl (C=O) groups is 2. The predicted molar refractivity (Wildman–Crippen MR) is 126 cm³/mol. The highest BCUT2D eigenvalue weighted by Crippen LogP contribution is 2.37. The predicted octanol–water partition coefficient (Wildman–Crippen LogP) is 4.84. The first-order valence-electron chi connectivity index (χ1n) is 10.9. The molecule has 0 saturated heterocycles. The van der Waals surface area contributed by atoms with Crippen molar-refractivity contribution in [2.45, 2.75) is 55.6 Å². The van der Waals surface area contributed by atoms with Crippen molar-refractivity contribution in [2.24, 2.45) is 0 Å². The highest BCUT2D eigenvalue weighted by atomic mass is 32.2. The lowest BCUT2D eigenvalue weighted by Crippen LogP contribution is -2.65. The van der Waals surface area contributed by atoms with E-state index in [0.29, 0.717) is 12.2 Å². The number of para-hydroxylation sites is 1. The van der Waals surface area contributed by atoms with Crippen molar-refractivity contribution in [1.29, 1.82) is 0 Å². The van der Waals surface area contributed by atoms with Gasteiger partial charge in [0.2, 0.25) is 5.91 Å². The summed E-state index contributed by atoms with van der Waals surface area (Å²) in [6.07, 6.45) is 6.32. The van der Waals surface area contributed by atoms with Crippen LogP contribution < -0.4 is 10.2 Å². The lowest BCUT2D eigenvalue weighted by molar-refractivity contribution is -0.127. The van der Waals surface area contributed by atoms with Crippen LogP contribution in [0.25, 0.3) is 10.9 Å². The first-order valence-corrected chi connectivity index (χ1v) is 12.1. The fraction of sp³-hybridized carbons (Fsp3) is 0.360. The first-order chi connectivity index (χ1) is 15.0. The fourth-order valence-electron chi connectivity index (χ4n) is 5.01. The molecule has 1 aromatic heterocycles. The van der Waals surface area contributed by atoms with Gasteiger partial charge >= 0.3 is 0 Å². The molecule has 2 heterocycles. The minimum Gasteiger partial charge on any atom is -0.351 e. The quantitative estimate of drug-likeness (QED) is 0.599. The molecule has 0 bridgehead atoms. The summed E-state index contributed by atoms with van der Waals surface area (Å²) in [5, 5.41) is 4.28. The molecule has 1 fully saturated rings. The van der Waals surface area contributed by atoms with Crippen LogP contribution in [0.1, 0.15) is 43.1 Å². The molecule has 3 aromatic rings. The monoisotopic (exact) mass is 433 g/mol. The number of nitrogens with zero attached hydrogens (tertiary/aromatic N) is 2. The van der Waals surface area contributed by atoms with Gasteiger partial charge in [0.15, 0.2) is 0 Å². The smallest absolute Gasteiger partial charge is 0.275 e. The number of rotatable bonds is 4. The zero-order valence-corrected chi connectivity index (χ0v) is 18.7. The van der Waals surface area contributed by atoms with Gasteiger partial charge in [-0.2, -0.15) is 0 Å². The number of fused-ring (bicyclic) bond motifs is 3. The lowest BCUT2D eigenvalue weighted by Gasteiger charge is -2.44. The summed E-state index contributed by atoms with van der Waals surface area (Å²) < 4.78 is 2.01. The van der Waals surface area contributed by atoms with Crippen molar-refractivity contribution in [2.75, 3.05) is 11.2 Å². The maximum Gasteiger partial charge on any atom is 0.275 e. The second kappa shape index (κ2) is 7.75. The van der Waals surface area contributed by atoms with Crippen LogP contribution in [0.3, 0.4) is 0 Å². The number of hydrogen-bond donors (Lipinski definition) is 1. The third-order valence-electron chi connectivity index (χ3n) is 6.68. The van der Waals surface area contributed by atoms with Gasteiger partial charge in [0.1, 0.15) is 11.2 Å². The molecule has 0 radical (unpaired) electrons. The molecule has 1 aliphatic carbocycles. The van der Waals surface area contributed by atoms with Gasteiger partial charge < -0.3 is 9.88 Å². The number of aromatic nitrogens is 1. The Bertz CT molecular complexity index is 1160. The summed E-state index contributed by atoms with van der Waals surface area (Å²) in [5.74, 6) is -0.212. The molecule has 1 aliphatic heterocycles. The zero-order chi connectivity index (χ0) is 21.6. The molecule has 2 aliphatic rings. The van der Waals surface area contributed by atoms with Gasteiger partial charge in [-0.1, -0.05) is 37.1 Å². The maximum atomic E-state index is 13.9. The summed E-state index contributed by atoms with van der Waals surface area (Å²) in [6, 6.07) is 18.0. The Balaban J connectivity index is 1.64. The Kier molecular flexibility index (Phi) is 5.05. The number of carbonyl (C=O) groups excluding carboxylic acids is 2. The molecular formula is C25H27N3O2S. The second-order valence-electron chi connectivity index (χ2n) is 8.75. The molecule has 6 heteroatoms. The largest absolute Gasteiger partial charge is 0.351 e. The van der Waals surface area contributed by atoms with E-state index in [1.807, 2.05) is 72.3 Å². The average molecular weight is 434 g/mol. The van der Waals surface area contributed by atoms with Crippen LogP contribution in [0.15, 0.2) is 59.5 Å². The number of anilines is 1. The minimum absolute atomic E-state index is 0.0780. The first kappa shape index (κ1) is 20.2. The van der Waals surface area contributed by atoms with Crippen molar-refractivity contribution in [1.82, 2.24) is 9.88 Å². The molecular weight excluding hydrogens is 406 g/mol. The van der Waals surface area contributed by atoms with E-state index in [1.165, 1.54) is 0 Å². The van der Waals surface area contributed by atoms with Crippen LogP contribution in [0.5, 0.6) is 0 Å². The van der Waals surface area contributed by atoms with E-state index in [2.05, 4.69) is 5.32 Å². The molecule has 1 N–H and O–H groups in total. The van der Waals surface area contributed by atoms with Crippen molar-refractivity contribution in [3.8, 4) is 0 Å². The van der Waals surface area contributed by atoms with E-state index in [1.54, 1.807) is 16.7 Å². The van der Waals surface area contributed by atoms with Gasteiger partial charge in [0.05, 0.1) is 6.54 Å². The highest BCUT2D eigenvalue weighted by Gasteiger charge is 2.49. The van der Waals surface area contributed by atoms with E-state index in [-0.39, 0.29) is 17.9 Å². The van der Waals surface area contributed by atoms with E-state index in [0.717, 1.165) is 47.2 Å². The molecule has 1 saturated carbocycles. The van der Waals surface area contributed by atoms with Crippen LogP contribution in [-0.2, 0) is 11.3 Å². The molecule has 0 unspecified atom stereocenters. The van der Waals surface area contributed by atoms with Crippen molar-refractivity contribution in [3.63, 3.8) is 0 Å². The van der Waals surface area contributed by atoms with E-state index in [4.69, 9.17) is 0 Å². The summed E-state index contributed by atoms with van der Waals surface area (Å²) in [6.45, 7) is 2.32. The third kappa shape index (κ3) is 3.33. The minimum atomic E-state index is -1.02. The molecule has 5 nitrogen and oxygen atoms in total. The molecule has 2 aromatic carbocycles. The highest BCUT2D eigenvalue weighted by molar-refractivity contribution is 7.98. The van der Waals surface area contributed by atoms with Crippen LogP contribution in [0.2, 0.25) is 0 Å². The number of thioether (sulfide) groups is 1. The van der Waals surface area contributed by atoms with Gasteiger partial charge in [-0.3, -0.25) is 14.5 Å². The summed E-state index contributed by atoms with van der Waals surface area (Å²) in [4.78, 5) is 30.3. The number of hydrogen-bond acceptors (Lipinski definition) is 3. The Labute approximate surface area is 186 Å². The maximum absolute atomic E-state index is 13.9. The van der Waals surface area contributed by atoms with Crippen molar-refractivity contribution < 1.29 is 9.59 Å². The molecule has 31 heavy (non-hydrogen) atoms. The topological polar surface area (TPSA) is 54.3 Å². The SMILES string of the molecule is CSc1cccc(N2C(=O)c3cc4ccccc4n3C[C@]2(C)C(=O)NC2CCCC2)c1. The summed E-state index contributed by atoms with van der Waals surface area (Å²) >= 11 is 1.63. The van der Waals surface area contributed by atoms with Crippen LogP contribution in [-0.4, -0.2) is 34.2 Å². The molecule has 2 amide bonds. The second-order valence-corrected chi connectivity index (χ2v) is 9.62. The van der Waals surface area contributed by atoms with Crippen molar-refractivity contribution in [3.05, 3.63) is 60.3 Å². The molecule has 1 atom stereocenters. The van der Waals surface area contributed by atoms with E-state index >= 15 is 0 Å². The Hall–Kier alpha value is -2.73. The number of amides is 2. The number of benzene rings is 2. The molecule has 0 spiro atoms. The molecule has 5 rings (SSSR count).